The number of rotatable bonds is 7. The van der Waals surface area contributed by atoms with Crippen LogP contribution in [0.2, 0.25) is 0 Å². The van der Waals surface area contributed by atoms with Crippen molar-refractivity contribution in [3.63, 3.8) is 0 Å². The first-order chi connectivity index (χ1) is 19.0. The Hall–Kier alpha value is -2.37. The molecule has 0 bridgehead atoms. The summed E-state index contributed by atoms with van der Waals surface area (Å²) in [5, 5.41) is 0. The van der Waals surface area contributed by atoms with Crippen LogP contribution in [-0.4, -0.2) is 18.0 Å². The summed E-state index contributed by atoms with van der Waals surface area (Å²) in [7, 11) is 0. The van der Waals surface area contributed by atoms with Gasteiger partial charge < -0.3 is 0 Å². The minimum atomic E-state index is -0.216. The summed E-state index contributed by atoms with van der Waals surface area (Å²) >= 11 is 0. The third-order valence-electron chi connectivity index (χ3n) is 8.38. The maximum atomic E-state index is 13.3. The van der Waals surface area contributed by atoms with Crippen LogP contribution < -0.4 is 0 Å². The number of allylic oxidation sites excluding steroid dienone is 1. The Morgan fingerprint density at radius 3 is 2.12 bits per heavy atom. The zero-order chi connectivity index (χ0) is 29.9. The maximum absolute atomic E-state index is 13.3. The number of terminal acetylenes is 1. The van der Waals surface area contributed by atoms with Crippen LogP contribution in [0, 0.1) is 35.4 Å². The van der Waals surface area contributed by atoms with E-state index >= 15 is 0 Å². The average molecular weight is 546 g/mol. The van der Waals surface area contributed by atoms with Gasteiger partial charge in [-0.25, -0.2) is 4.39 Å². The van der Waals surface area contributed by atoms with Crippen molar-refractivity contribution in [2.45, 2.75) is 113 Å². The van der Waals surface area contributed by atoms with Crippen LogP contribution >= 0.6 is 0 Å². The van der Waals surface area contributed by atoms with Gasteiger partial charge in [-0.15, -0.1) is 6.42 Å². The molecule has 0 atom stereocenters. The lowest BCUT2D eigenvalue weighted by Crippen LogP contribution is -2.53. The van der Waals surface area contributed by atoms with Crippen molar-refractivity contribution < 1.29 is 4.39 Å². The van der Waals surface area contributed by atoms with E-state index in [0.717, 1.165) is 48.2 Å². The second-order valence-electron chi connectivity index (χ2n) is 13.1. The van der Waals surface area contributed by atoms with Gasteiger partial charge in [0.25, 0.3) is 0 Å². The molecular weight excluding hydrogens is 489 g/mol. The van der Waals surface area contributed by atoms with Gasteiger partial charge in [0.2, 0.25) is 0 Å². The van der Waals surface area contributed by atoms with Crippen LogP contribution in [0.25, 0.3) is 11.1 Å². The van der Waals surface area contributed by atoms with Gasteiger partial charge >= 0.3 is 0 Å². The highest BCUT2D eigenvalue weighted by atomic mass is 19.1. The molecule has 1 heterocycles. The predicted octanol–water partition coefficient (Wildman–Crippen LogP) is 11.0. The molecule has 0 aromatic heterocycles. The largest absolute Gasteiger partial charge is 0.298 e. The molecule has 1 saturated heterocycles. The quantitative estimate of drug-likeness (QED) is 0.247. The topological polar surface area (TPSA) is 3.24 Å². The molecule has 1 nitrogen and oxygen atoms in total. The van der Waals surface area contributed by atoms with Crippen molar-refractivity contribution in [1.82, 2.24) is 4.90 Å². The van der Waals surface area contributed by atoms with Gasteiger partial charge in [-0.2, -0.15) is 0 Å². The fourth-order valence-electron chi connectivity index (χ4n) is 6.19. The molecular formula is C38H56FN. The molecule has 0 N–H and O–H groups in total. The van der Waals surface area contributed by atoms with Crippen molar-refractivity contribution in [2.24, 2.45) is 17.3 Å². The maximum Gasteiger partial charge on any atom is 0.123 e. The SMILES string of the molecule is C#Cc1cc(-c2ccc(F)cc2)c(C(C)C)cc1CN1CC(C)(CCC)C1.C=C(C)C1CCC(C)CC1.CCC. The first-order valence-corrected chi connectivity index (χ1v) is 15.7. The van der Waals surface area contributed by atoms with Gasteiger partial charge in [-0.05, 0) is 89.8 Å². The highest BCUT2D eigenvalue weighted by Crippen LogP contribution is 2.37. The standard InChI is InChI=1S/C25H30FN.C10H18.C3H8/c1-6-12-25(5)16-27(17-25)15-21-14-23(18(3)4)24(13-19(21)7-2)20-8-10-22(26)11-9-20;1-8(2)10-6-4-9(3)5-7-10;1-3-2/h2,8-11,13-14,18H,6,12,15-17H2,1,3-5H3;9-10H,1,4-7H2,2-3H3;3H2,1-2H3. The second kappa shape index (κ2) is 16.2. The Balaban J connectivity index is 0.000000358. The van der Waals surface area contributed by atoms with Gasteiger partial charge in [0.05, 0.1) is 0 Å². The van der Waals surface area contributed by atoms with Gasteiger partial charge in [0, 0.05) is 25.2 Å². The normalized spacial score (nSPS) is 19.8. The summed E-state index contributed by atoms with van der Waals surface area (Å²) in [6.07, 6.45) is 15.2. The summed E-state index contributed by atoms with van der Waals surface area (Å²) in [4.78, 5) is 2.49. The van der Waals surface area contributed by atoms with E-state index in [4.69, 9.17) is 6.42 Å². The first kappa shape index (κ1) is 33.8. The molecule has 0 amide bonds. The number of halogens is 1. The van der Waals surface area contributed by atoms with Crippen molar-refractivity contribution in [3.05, 3.63) is 71.1 Å². The Kier molecular flexibility index (Phi) is 13.7. The van der Waals surface area contributed by atoms with Gasteiger partial charge in [-0.1, -0.05) is 110 Å². The summed E-state index contributed by atoms with van der Waals surface area (Å²) in [6.45, 7) is 25.0. The Morgan fingerprint density at radius 1 is 1.07 bits per heavy atom. The Bertz CT molecular complexity index is 1090. The molecule has 2 aliphatic rings. The molecule has 0 radical (unpaired) electrons. The van der Waals surface area contributed by atoms with Gasteiger partial charge in [0.1, 0.15) is 5.82 Å². The summed E-state index contributed by atoms with van der Waals surface area (Å²) < 4.78 is 13.3. The molecule has 2 aromatic carbocycles. The summed E-state index contributed by atoms with van der Waals surface area (Å²) in [5.41, 5.74) is 7.43. The van der Waals surface area contributed by atoms with Crippen LogP contribution in [0.4, 0.5) is 4.39 Å². The molecule has 40 heavy (non-hydrogen) atoms. The number of hydrogen-bond acceptors (Lipinski definition) is 1. The van der Waals surface area contributed by atoms with Gasteiger partial charge in [0.15, 0.2) is 0 Å². The molecule has 220 valence electrons. The lowest BCUT2D eigenvalue weighted by Gasteiger charge is -2.48. The van der Waals surface area contributed by atoms with Crippen LogP contribution in [0.3, 0.4) is 0 Å². The minimum absolute atomic E-state index is 0.216. The molecule has 0 spiro atoms. The smallest absolute Gasteiger partial charge is 0.123 e. The number of nitrogens with zero attached hydrogens (tertiary/aromatic N) is 1. The van der Waals surface area contributed by atoms with Crippen LogP contribution in [-0.2, 0) is 6.54 Å². The van der Waals surface area contributed by atoms with Crippen molar-refractivity contribution in [2.75, 3.05) is 13.1 Å². The summed E-state index contributed by atoms with van der Waals surface area (Å²) in [6, 6.07) is 11.1. The van der Waals surface area contributed by atoms with Gasteiger partial charge in [-0.3, -0.25) is 4.90 Å². The number of likely N-dealkylation sites (tertiary alicyclic amines) is 1. The highest BCUT2D eigenvalue weighted by Gasteiger charge is 2.37. The number of hydrogen-bond donors (Lipinski definition) is 0. The third-order valence-corrected chi connectivity index (χ3v) is 8.38. The van der Waals surface area contributed by atoms with E-state index in [9.17, 15) is 4.39 Å². The molecule has 4 rings (SSSR count). The van der Waals surface area contributed by atoms with E-state index in [1.807, 2.05) is 12.1 Å². The molecule has 2 heteroatoms. The van der Waals surface area contributed by atoms with E-state index in [2.05, 4.69) is 84.9 Å². The predicted molar refractivity (Wildman–Crippen MR) is 174 cm³/mol. The van der Waals surface area contributed by atoms with Crippen LogP contribution in [0.5, 0.6) is 0 Å². The third kappa shape index (κ3) is 9.92. The Morgan fingerprint density at radius 2 is 1.65 bits per heavy atom. The zero-order valence-corrected chi connectivity index (χ0v) is 26.9. The second-order valence-corrected chi connectivity index (χ2v) is 13.1. The van der Waals surface area contributed by atoms with Crippen molar-refractivity contribution in [1.29, 1.82) is 0 Å². The van der Waals surface area contributed by atoms with E-state index in [1.54, 1.807) is 0 Å². The fourth-order valence-corrected chi connectivity index (χ4v) is 6.19. The zero-order valence-electron chi connectivity index (χ0n) is 26.9. The molecule has 1 aliphatic heterocycles. The monoisotopic (exact) mass is 545 g/mol. The molecule has 0 unspecified atom stereocenters. The minimum Gasteiger partial charge on any atom is -0.298 e. The lowest BCUT2D eigenvalue weighted by molar-refractivity contribution is 0.00192. The van der Waals surface area contributed by atoms with Crippen molar-refractivity contribution in [3.8, 4) is 23.5 Å². The van der Waals surface area contributed by atoms with E-state index in [0.29, 0.717) is 11.3 Å². The van der Waals surface area contributed by atoms with E-state index in [-0.39, 0.29) is 5.82 Å². The highest BCUT2D eigenvalue weighted by molar-refractivity contribution is 5.71. The molecule has 2 aromatic rings. The van der Waals surface area contributed by atoms with E-state index in [1.165, 1.54) is 73.8 Å². The van der Waals surface area contributed by atoms with Crippen LogP contribution in [0.1, 0.15) is 123 Å². The molecule has 1 aliphatic carbocycles. The lowest BCUT2D eigenvalue weighted by atomic mass is 9.77. The fraction of sp³-hybridized carbons (Fsp3) is 0.579. The first-order valence-electron chi connectivity index (χ1n) is 15.7. The summed E-state index contributed by atoms with van der Waals surface area (Å²) in [5.74, 6) is 4.85. The molecule has 1 saturated carbocycles. The Labute approximate surface area is 246 Å². The van der Waals surface area contributed by atoms with E-state index < -0.39 is 0 Å². The number of benzene rings is 2. The van der Waals surface area contributed by atoms with Crippen LogP contribution in [0.15, 0.2) is 48.6 Å². The van der Waals surface area contributed by atoms with Crippen molar-refractivity contribution >= 4 is 0 Å². The average Bonchev–Trinajstić information content (AvgIpc) is 2.89. The molecule has 2 fully saturated rings.